The third-order valence-electron chi connectivity index (χ3n) is 1.04. The van der Waals surface area contributed by atoms with Gasteiger partial charge in [0.05, 0.1) is 0 Å². The van der Waals surface area contributed by atoms with E-state index in [0.29, 0.717) is 10.6 Å². The highest BCUT2D eigenvalue weighted by molar-refractivity contribution is 6.33. The van der Waals surface area contributed by atoms with Gasteiger partial charge in [0, 0.05) is 6.20 Å². The monoisotopic (exact) mass is 167 g/mol. The molecule has 1 rings (SSSR count). The molecule has 1 aromatic heterocycles. The van der Waals surface area contributed by atoms with E-state index in [2.05, 4.69) is 4.98 Å². The van der Waals surface area contributed by atoms with Crippen LogP contribution in [-0.2, 0) is 0 Å². The SMILES string of the molecule is CC.[B]c1cnc(Cl)c(C)c1. The average Bonchev–Trinajstić information content (AvgIpc) is 2.02. The van der Waals surface area contributed by atoms with E-state index in [-0.39, 0.29) is 0 Å². The number of rotatable bonds is 0. The minimum absolute atomic E-state index is 0.518. The maximum Gasteiger partial charge on any atom is 0.131 e. The fourth-order valence-corrected chi connectivity index (χ4v) is 0.683. The largest absolute Gasteiger partial charge is 0.245 e. The van der Waals surface area contributed by atoms with E-state index in [1.54, 1.807) is 6.07 Å². The molecule has 0 amide bonds. The topological polar surface area (TPSA) is 12.9 Å². The first-order chi connectivity index (χ1) is 5.20. The summed E-state index contributed by atoms with van der Waals surface area (Å²) in [6, 6.07) is 1.79. The molecular weight excluding hydrogens is 156 g/mol. The summed E-state index contributed by atoms with van der Waals surface area (Å²) in [7, 11) is 5.41. The Kier molecular flexibility index (Phi) is 4.96. The summed E-state index contributed by atoms with van der Waals surface area (Å²) in [6.07, 6.45) is 1.54. The standard InChI is InChI=1S/C6H5BClN.C2H6/c1-4-2-5(7)3-9-6(4)8;1-2/h2-3H,1H3;1-2H3. The Morgan fingerprint density at radius 2 is 2.00 bits per heavy atom. The van der Waals surface area contributed by atoms with Crippen molar-refractivity contribution >= 4 is 24.9 Å². The highest BCUT2D eigenvalue weighted by Gasteiger charge is 1.92. The van der Waals surface area contributed by atoms with Crippen molar-refractivity contribution in [3.05, 3.63) is 23.0 Å². The van der Waals surface area contributed by atoms with Crippen molar-refractivity contribution < 1.29 is 0 Å². The van der Waals surface area contributed by atoms with Gasteiger partial charge in [-0.15, -0.1) is 0 Å². The lowest BCUT2D eigenvalue weighted by molar-refractivity contribution is 1.29. The first kappa shape index (κ1) is 10.5. The lowest BCUT2D eigenvalue weighted by Gasteiger charge is -1.95. The lowest BCUT2D eigenvalue weighted by Crippen LogP contribution is -2.03. The molecular formula is C8H11BClN. The summed E-state index contributed by atoms with van der Waals surface area (Å²) in [5, 5.41) is 0.518. The van der Waals surface area contributed by atoms with E-state index in [1.165, 1.54) is 6.20 Å². The Morgan fingerprint density at radius 1 is 1.45 bits per heavy atom. The summed E-state index contributed by atoms with van der Waals surface area (Å²) in [6.45, 7) is 5.87. The van der Waals surface area contributed by atoms with Gasteiger partial charge in [-0.3, -0.25) is 0 Å². The van der Waals surface area contributed by atoms with Crippen LogP contribution in [0.5, 0.6) is 0 Å². The normalized spacial score (nSPS) is 8.36. The quantitative estimate of drug-likeness (QED) is 0.425. The Bertz CT molecular complexity index is 225. The number of pyridine rings is 1. The second-order valence-electron chi connectivity index (χ2n) is 1.88. The van der Waals surface area contributed by atoms with E-state index in [4.69, 9.17) is 19.4 Å². The second-order valence-corrected chi connectivity index (χ2v) is 2.23. The molecule has 0 atom stereocenters. The maximum absolute atomic E-state index is 5.61. The van der Waals surface area contributed by atoms with Gasteiger partial charge in [0.15, 0.2) is 0 Å². The highest BCUT2D eigenvalue weighted by Crippen LogP contribution is 2.06. The van der Waals surface area contributed by atoms with Crippen LogP contribution in [0.3, 0.4) is 0 Å². The smallest absolute Gasteiger partial charge is 0.131 e. The van der Waals surface area contributed by atoms with Gasteiger partial charge in [-0.25, -0.2) is 4.98 Å². The molecule has 2 radical (unpaired) electrons. The van der Waals surface area contributed by atoms with Crippen molar-refractivity contribution in [3.63, 3.8) is 0 Å². The summed E-state index contributed by atoms with van der Waals surface area (Å²) in [4.78, 5) is 3.82. The zero-order chi connectivity index (χ0) is 8.85. The van der Waals surface area contributed by atoms with Crippen molar-refractivity contribution in [1.29, 1.82) is 0 Å². The lowest BCUT2D eigenvalue weighted by atomic mass is 9.98. The summed E-state index contributed by atoms with van der Waals surface area (Å²) < 4.78 is 0. The first-order valence-electron chi connectivity index (χ1n) is 3.58. The van der Waals surface area contributed by atoms with Crippen molar-refractivity contribution in [1.82, 2.24) is 4.98 Å². The van der Waals surface area contributed by atoms with Crippen molar-refractivity contribution in [3.8, 4) is 0 Å². The molecule has 3 heteroatoms. The second kappa shape index (κ2) is 5.19. The molecule has 0 aliphatic rings. The Morgan fingerprint density at radius 3 is 2.36 bits per heavy atom. The fraction of sp³-hybridized carbons (Fsp3) is 0.375. The van der Waals surface area contributed by atoms with Crippen LogP contribution in [0.4, 0.5) is 0 Å². The molecule has 58 valence electrons. The molecule has 0 aliphatic carbocycles. The van der Waals surface area contributed by atoms with Gasteiger partial charge in [-0.1, -0.05) is 37.0 Å². The third kappa shape index (κ3) is 3.42. The van der Waals surface area contributed by atoms with Crippen LogP contribution >= 0.6 is 11.6 Å². The van der Waals surface area contributed by atoms with E-state index >= 15 is 0 Å². The predicted molar refractivity (Wildman–Crippen MR) is 50.7 cm³/mol. The molecule has 1 heterocycles. The van der Waals surface area contributed by atoms with Crippen molar-refractivity contribution in [2.75, 3.05) is 0 Å². The number of hydrogen-bond donors (Lipinski definition) is 0. The Balaban J connectivity index is 0.000000461. The van der Waals surface area contributed by atoms with Gasteiger partial charge >= 0.3 is 0 Å². The molecule has 1 nitrogen and oxygen atoms in total. The molecule has 0 N–H and O–H groups in total. The Hall–Kier alpha value is -0.495. The van der Waals surface area contributed by atoms with E-state index in [9.17, 15) is 0 Å². The fourth-order valence-electron chi connectivity index (χ4n) is 0.580. The van der Waals surface area contributed by atoms with Gasteiger partial charge in [0.25, 0.3) is 0 Å². The van der Waals surface area contributed by atoms with Crippen LogP contribution in [0.15, 0.2) is 12.3 Å². The molecule has 0 aliphatic heterocycles. The number of hydrogen-bond acceptors (Lipinski definition) is 1. The van der Waals surface area contributed by atoms with Crippen LogP contribution in [0.2, 0.25) is 5.15 Å². The minimum atomic E-state index is 0.518. The van der Waals surface area contributed by atoms with E-state index < -0.39 is 0 Å². The van der Waals surface area contributed by atoms with Crippen LogP contribution < -0.4 is 5.46 Å². The van der Waals surface area contributed by atoms with Crippen LogP contribution in [0.1, 0.15) is 19.4 Å². The van der Waals surface area contributed by atoms with Gasteiger partial charge in [-0.2, -0.15) is 0 Å². The van der Waals surface area contributed by atoms with Gasteiger partial charge in [0.2, 0.25) is 0 Å². The summed E-state index contributed by atoms with van der Waals surface area (Å²) in [5.74, 6) is 0. The number of nitrogens with zero attached hydrogens (tertiary/aromatic N) is 1. The molecule has 0 saturated heterocycles. The van der Waals surface area contributed by atoms with Gasteiger partial charge < -0.3 is 0 Å². The van der Waals surface area contributed by atoms with Crippen molar-refractivity contribution in [2.45, 2.75) is 20.8 Å². The number of aryl methyl sites for hydroxylation is 1. The summed E-state index contributed by atoms with van der Waals surface area (Å²) in [5.41, 5.74) is 1.56. The highest BCUT2D eigenvalue weighted by atomic mass is 35.5. The molecule has 0 saturated carbocycles. The molecule has 0 fully saturated rings. The third-order valence-corrected chi connectivity index (χ3v) is 1.43. The number of aromatic nitrogens is 1. The van der Waals surface area contributed by atoms with Crippen LogP contribution in [0.25, 0.3) is 0 Å². The average molecular weight is 167 g/mol. The zero-order valence-corrected chi connectivity index (χ0v) is 7.81. The molecule has 0 unspecified atom stereocenters. The number of halogens is 1. The first-order valence-corrected chi connectivity index (χ1v) is 3.95. The summed E-state index contributed by atoms with van der Waals surface area (Å²) >= 11 is 5.61. The van der Waals surface area contributed by atoms with Crippen molar-refractivity contribution in [2.24, 2.45) is 0 Å². The molecule has 11 heavy (non-hydrogen) atoms. The van der Waals surface area contributed by atoms with Crippen LogP contribution in [-0.4, -0.2) is 12.8 Å². The minimum Gasteiger partial charge on any atom is -0.245 e. The maximum atomic E-state index is 5.61. The Labute approximate surface area is 74.2 Å². The molecule has 0 aromatic carbocycles. The molecule has 1 aromatic rings. The van der Waals surface area contributed by atoms with Crippen LogP contribution in [0, 0.1) is 6.92 Å². The molecule has 0 spiro atoms. The van der Waals surface area contributed by atoms with Gasteiger partial charge in [-0.05, 0) is 12.5 Å². The van der Waals surface area contributed by atoms with E-state index in [1.807, 2.05) is 20.8 Å². The van der Waals surface area contributed by atoms with E-state index in [0.717, 1.165) is 5.56 Å². The predicted octanol–water partition coefficient (Wildman–Crippen LogP) is 1.86. The molecule has 0 bridgehead atoms. The van der Waals surface area contributed by atoms with Gasteiger partial charge in [0.1, 0.15) is 13.0 Å². The zero-order valence-electron chi connectivity index (χ0n) is 7.06.